The third kappa shape index (κ3) is 2.77. The number of anilines is 1. The minimum absolute atomic E-state index is 0.00665. The van der Waals surface area contributed by atoms with Gasteiger partial charge in [0.1, 0.15) is 5.82 Å². The summed E-state index contributed by atoms with van der Waals surface area (Å²) in [4.78, 5) is 18.1. The Morgan fingerprint density at radius 2 is 2.44 bits per heavy atom. The molecule has 1 fully saturated rings. The second kappa shape index (κ2) is 5.79. The van der Waals surface area contributed by atoms with Crippen LogP contribution in [0.2, 0.25) is 0 Å². The Morgan fingerprint density at radius 3 is 3.06 bits per heavy atom. The van der Waals surface area contributed by atoms with Gasteiger partial charge in [0.05, 0.1) is 11.7 Å². The molecule has 1 unspecified atom stereocenters. The number of nitrogens with one attached hydrogen (secondary N) is 1. The van der Waals surface area contributed by atoms with Crippen LogP contribution in [0.5, 0.6) is 0 Å². The zero-order valence-electron chi connectivity index (χ0n) is 10.4. The van der Waals surface area contributed by atoms with E-state index in [0.29, 0.717) is 17.9 Å². The predicted octanol–water partition coefficient (Wildman–Crippen LogP) is 0.618. The van der Waals surface area contributed by atoms with Crippen LogP contribution in [0.25, 0.3) is 0 Å². The van der Waals surface area contributed by atoms with Gasteiger partial charge in [-0.25, -0.2) is 10.8 Å². The summed E-state index contributed by atoms with van der Waals surface area (Å²) in [5, 5.41) is 0. The summed E-state index contributed by atoms with van der Waals surface area (Å²) in [6, 6.07) is 3.41. The molecule has 1 aromatic rings. The van der Waals surface area contributed by atoms with Crippen LogP contribution in [0.4, 0.5) is 5.82 Å². The summed E-state index contributed by atoms with van der Waals surface area (Å²) in [6.07, 6.45) is 3.66. The number of hydrogen-bond donors (Lipinski definition) is 2. The van der Waals surface area contributed by atoms with Crippen LogP contribution < -0.4 is 11.3 Å². The molecule has 0 bridgehead atoms. The van der Waals surface area contributed by atoms with E-state index in [1.807, 2.05) is 4.90 Å². The summed E-state index contributed by atoms with van der Waals surface area (Å²) >= 11 is 0. The van der Waals surface area contributed by atoms with Gasteiger partial charge in [0.2, 0.25) is 0 Å². The third-order valence-corrected chi connectivity index (χ3v) is 3.16. The van der Waals surface area contributed by atoms with Crippen molar-refractivity contribution < 1.29 is 9.53 Å². The molecule has 0 aliphatic carbocycles. The fraction of sp³-hybridized carbons (Fsp3) is 0.500. The van der Waals surface area contributed by atoms with Crippen LogP contribution in [0.1, 0.15) is 23.2 Å². The molecule has 98 valence electrons. The third-order valence-electron chi connectivity index (χ3n) is 3.16. The topological polar surface area (TPSA) is 80.5 Å². The first kappa shape index (κ1) is 12.8. The maximum Gasteiger partial charge on any atom is 0.255 e. The number of amides is 1. The molecule has 1 atom stereocenters. The first-order chi connectivity index (χ1) is 8.74. The van der Waals surface area contributed by atoms with E-state index in [-0.39, 0.29) is 12.0 Å². The molecule has 6 heteroatoms. The Bertz CT molecular complexity index is 407. The molecule has 1 amide bonds. The van der Waals surface area contributed by atoms with E-state index in [0.717, 1.165) is 19.4 Å². The fourth-order valence-corrected chi connectivity index (χ4v) is 2.10. The normalized spacial score (nSPS) is 19.7. The number of methoxy groups -OCH3 is 1. The first-order valence-electron chi connectivity index (χ1n) is 5.99. The maximum absolute atomic E-state index is 12.2. The van der Waals surface area contributed by atoms with Crippen LogP contribution in [-0.4, -0.2) is 42.1 Å². The number of nitrogens with zero attached hydrogens (tertiary/aromatic N) is 2. The molecule has 6 nitrogen and oxygen atoms in total. The van der Waals surface area contributed by atoms with Crippen molar-refractivity contribution in [3.05, 3.63) is 23.9 Å². The van der Waals surface area contributed by atoms with E-state index in [4.69, 9.17) is 10.6 Å². The van der Waals surface area contributed by atoms with Crippen molar-refractivity contribution >= 4 is 11.7 Å². The van der Waals surface area contributed by atoms with Crippen molar-refractivity contribution in [2.45, 2.75) is 18.9 Å². The first-order valence-corrected chi connectivity index (χ1v) is 5.99. The Kier molecular flexibility index (Phi) is 4.11. The van der Waals surface area contributed by atoms with Gasteiger partial charge in [-0.3, -0.25) is 4.79 Å². The van der Waals surface area contributed by atoms with E-state index >= 15 is 0 Å². The van der Waals surface area contributed by atoms with E-state index < -0.39 is 0 Å². The second-order valence-electron chi connectivity index (χ2n) is 4.33. The summed E-state index contributed by atoms with van der Waals surface area (Å²) in [6.45, 7) is 1.42. The monoisotopic (exact) mass is 250 g/mol. The zero-order valence-corrected chi connectivity index (χ0v) is 10.4. The standard InChI is InChI=1S/C12H18N4O2/c1-18-10-3-2-6-16(8-10)12(17)9-4-5-11(15-13)14-7-9/h4-5,7,10H,2-3,6,8,13H2,1H3,(H,14,15). The number of nitrogen functional groups attached to an aromatic ring is 1. The molecule has 18 heavy (non-hydrogen) atoms. The van der Waals surface area contributed by atoms with Gasteiger partial charge in [0.15, 0.2) is 0 Å². The number of aromatic nitrogens is 1. The number of hydrogen-bond acceptors (Lipinski definition) is 5. The largest absolute Gasteiger partial charge is 0.380 e. The molecule has 1 saturated heterocycles. The number of carbonyl (C=O) groups excluding carboxylic acids is 1. The Balaban J connectivity index is 2.05. The van der Waals surface area contributed by atoms with Crippen molar-refractivity contribution in [3.8, 4) is 0 Å². The molecule has 2 rings (SSSR count). The van der Waals surface area contributed by atoms with Crippen LogP contribution in [0.15, 0.2) is 18.3 Å². The van der Waals surface area contributed by atoms with E-state index in [1.54, 1.807) is 19.2 Å². The molecule has 0 spiro atoms. The van der Waals surface area contributed by atoms with E-state index in [1.165, 1.54) is 6.20 Å². The van der Waals surface area contributed by atoms with Gasteiger partial charge >= 0.3 is 0 Å². The molecule has 1 aliphatic heterocycles. The number of carbonyl (C=O) groups is 1. The molecule has 3 N–H and O–H groups in total. The maximum atomic E-state index is 12.2. The van der Waals surface area contributed by atoms with Crippen molar-refractivity contribution in [2.24, 2.45) is 5.84 Å². The van der Waals surface area contributed by atoms with Crippen LogP contribution >= 0.6 is 0 Å². The fourth-order valence-electron chi connectivity index (χ4n) is 2.10. The average molecular weight is 250 g/mol. The SMILES string of the molecule is COC1CCCN(C(=O)c2ccc(NN)nc2)C1. The van der Waals surface area contributed by atoms with Gasteiger partial charge in [-0.1, -0.05) is 0 Å². The van der Waals surface area contributed by atoms with Crippen LogP contribution in [-0.2, 0) is 4.74 Å². The number of pyridine rings is 1. The summed E-state index contributed by atoms with van der Waals surface area (Å²) in [7, 11) is 1.68. The van der Waals surface area contributed by atoms with E-state index in [9.17, 15) is 4.79 Å². The molecule has 0 saturated carbocycles. The summed E-state index contributed by atoms with van der Waals surface area (Å²) in [5.41, 5.74) is 3.01. The quantitative estimate of drug-likeness (QED) is 0.607. The summed E-state index contributed by atoms with van der Waals surface area (Å²) in [5.74, 6) is 5.77. The highest BCUT2D eigenvalue weighted by atomic mass is 16.5. The lowest BCUT2D eigenvalue weighted by Gasteiger charge is -2.31. The van der Waals surface area contributed by atoms with Crippen molar-refractivity contribution in [2.75, 3.05) is 25.6 Å². The van der Waals surface area contributed by atoms with E-state index in [2.05, 4.69) is 10.4 Å². The van der Waals surface area contributed by atoms with Gasteiger partial charge in [-0.2, -0.15) is 0 Å². The number of nitrogens with two attached hydrogens (primary N) is 1. The highest BCUT2D eigenvalue weighted by Crippen LogP contribution is 2.15. The van der Waals surface area contributed by atoms with Gasteiger partial charge in [0.25, 0.3) is 5.91 Å². The Morgan fingerprint density at radius 1 is 1.61 bits per heavy atom. The highest BCUT2D eigenvalue weighted by molar-refractivity contribution is 5.94. The lowest BCUT2D eigenvalue weighted by Crippen LogP contribution is -2.42. The minimum Gasteiger partial charge on any atom is -0.380 e. The lowest BCUT2D eigenvalue weighted by atomic mass is 10.1. The van der Waals surface area contributed by atoms with Crippen molar-refractivity contribution in [3.63, 3.8) is 0 Å². The smallest absolute Gasteiger partial charge is 0.255 e. The van der Waals surface area contributed by atoms with Crippen LogP contribution in [0, 0.1) is 0 Å². The zero-order chi connectivity index (χ0) is 13.0. The molecule has 2 heterocycles. The van der Waals surface area contributed by atoms with Gasteiger partial charge < -0.3 is 15.1 Å². The average Bonchev–Trinajstić information content (AvgIpc) is 2.46. The van der Waals surface area contributed by atoms with Gasteiger partial charge in [-0.15, -0.1) is 0 Å². The Labute approximate surface area is 106 Å². The lowest BCUT2D eigenvalue weighted by molar-refractivity contribution is 0.0268. The summed E-state index contributed by atoms with van der Waals surface area (Å²) < 4.78 is 5.31. The molecule has 1 aromatic heterocycles. The number of piperidine rings is 1. The predicted molar refractivity (Wildman–Crippen MR) is 68.0 cm³/mol. The van der Waals surface area contributed by atoms with Crippen molar-refractivity contribution in [1.82, 2.24) is 9.88 Å². The number of likely N-dealkylation sites (tertiary alicyclic amines) is 1. The highest BCUT2D eigenvalue weighted by Gasteiger charge is 2.24. The van der Waals surface area contributed by atoms with Gasteiger partial charge in [-0.05, 0) is 25.0 Å². The number of ether oxygens (including phenoxy) is 1. The molecular weight excluding hydrogens is 232 g/mol. The van der Waals surface area contributed by atoms with Crippen LogP contribution in [0.3, 0.4) is 0 Å². The minimum atomic E-state index is -0.00665. The number of rotatable bonds is 3. The Hall–Kier alpha value is -1.66. The molecular formula is C12H18N4O2. The number of hydrazine groups is 1. The molecule has 0 radical (unpaired) electrons. The second-order valence-corrected chi connectivity index (χ2v) is 4.33. The van der Waals surface area contributed by atoms with Crippen molar-refractivity contribution in [1.29, 1.82) is 0 Å². The molecule has 0 aromatic carbocycles. The molecule has 1 aliphatic rings. The van der Waals surface area contributed by atoms with Gasteiger partial charge in [0, 0.05) is 26.4 Å².